The molecule has 2 unspecified atom stereocenters. The van der Waals surface area contributed by atoms with E-state index in [0.717, 1.165) is 12.8 Å². The monoisotopic (exact) mass is 328 g/mol. The summed E-state index contributed by atoms with van der Waals surface area (Å²) in [6.45, 7) is 13.4. The van der Waals surface area contributed by atoms with Crippen LogP contribution in [0.4, 0.5) is 0 Å². The van der Waals surface area contributed by atoms with Crippen molar-refractivity contribution in [3.05, 3.63) is 0 Å². The van der Waals surface area contributed by atoms with Crippen LogP contribution in [0.3, 0.4) is 0 Å². The summed E-state index contributed by atoms with van der Waals surface area (Å²) in [5.41, 5.74) is -1.14. The molecule has 136 valence electrons. The van der Waals surface area contributed by atoms with Crippen LogP contribution in [0.1, 0.15) is 60.8 Å². The molecule has 0 spiro atoms. The maximum atomic E-state index is 9.03. The molecule has 0 aromatic carbocycles. The van der Waals surface area contributed by atoms with Crippen molar-refractivity contribution in [3.8, 4) is 11.8 Å². The summed E-state index contributed by atoms with van der Waals surface area (Å²) in [5.74, 6) is 7.45. The van der Waals surface area contributed by atoms with Crippen LogP contribution in [-0.4, -0.2) is 47.8 Å². The zero-order chi connectivity index (χ0) is 17.9. The molecule has 4 nitrogen and oxygen atoms in total. The molecule has 0 rings (SSSR count). The third-order valence-electron chi connectivity index (χ3n) is 3.42. The molecule has 23 heavy (non-hydrogen) atoms. The molecule has 2 atom stereocenters. The van der Waals surface area contributed by atoms with Crippen molar-refractivity contribution in [3.63, 3.8) is 0 Å². The highest BCUT2D eigenvalue weighted by molar-refractivity contribution is 5.20. The smallest absolute Gasteiger partial charge is 0.126 e. The van der Waals surface area contributed by atoms with Crippen molar-refractivity contribution in [1.82, 2.24) is 0 Å². The standard InChI is InChI=1S/C19H36O4/c1-16(2)14-18(5,22-12-7-10-20)8-9-19(6,15-17(3)4)23-13-11-21/h16-17,20-21H,7,10-15H2,1-6H3. The summed E-state index contributed by atoms with van der Waals surface area (Å²) in [6, 6.07) is 0. The molecule has 0 amide bonds. The van der Waals surface area contributed by atoms with Crippen molar-refractivity contribution >= 4 is 0 Å². The molecule has 0 aliphatic rings. The van der Waals surface area contributed by atoms with Gasteiger partial charge in [0, 0.05) is 6.61 Å². The van der Waals surface area contributed by atoms with Crippen LogP contribution in [0.25, 0.3) is 0 Å². The number of ether oxygens (including phenoxy) is 2. The van der Waals surface area contributed by atoms with Gasteiger partial charge >= 0.3 is 0 Å². The van der Waals surface area contributed by atoms with E-state index in [0.29, 0.717) is 24.9 Å². The summed E-state index contributed by atoms with van der Waals surface area (Å²) < 4.78 is 11.7. The van der Waals surface area contributed by atoms with E-state index in [4.69, 9.17) is 19.7 Å². The second-order valence-electron chi connectivity index (χ2n) is 7.41. The Labute approximate surface area is 142 Å². The molecule has 0 saturated carbocycles. The minimum Gasteiger partial charge on any atom is -0.396 e. The topological polar surface area (TPSA) is 58.9 Å². The summed E-state index contributed by atoms with van der Waals surface area (Å²) in [4.78, 5) is 0. The lowest BCUT2D eigenvalue weighted by atomic mass is 9.90. The first-order valence-corrected chi connectivity index (χ1v) is 8.70. The fourth-order valence-electron chi connectivity index (χ4n) is 2.75. The quantitative estimate of drug-likeness (QED) is 0.452. The molecule has 0 aliphatic heterocycles. The lowest BCUT2D eigenvalue weighted by Gasteiger charge is -2.29. The third-order valence-corrected chi connectivity index (χ3v) is 3.42. The van der Waals surface area contributed by atoms with Gasteiger partial charge in [0.05, 0.1) is 19.8 Å². The minimum atomic E-state index is -0.588. The average molecular weight is 328 g/mol. The fraction of sp³-hybridized carbons (Fsp3) is 0.895. The second-order valence-corrected chi connectivity index (χ2v) is 7.41. The Morgan fingerprint density at radius 1 is 0.783 bits per heavy atom. The largest absolute Gasteiger partial charge is 0.396 e. The lowest BCUT2D eigenvalue weighted by Crippen LogP contribution is -2.34. The number of aliphatic hydroxyl groups excluding tert-OH is 2. The average Bonchev–Trinajstić information content (AvgIpc) is 2.42. The second kappa shape index (κ2) is 11.0. The number of hydrogen-bond acceptors (Lipinski definition) is 4. The Kier molecular flexibility index (Phi) is 10.8. The van der Waals surface area contributed by atoms with Gasteiger partial charge in [-0.15, -0.1) is 0 Å². The van der Waals surface area contributed by atoms with Crippen LogP contribution in [0.15, 0.2) is 0 Å². The Bertz CT molecular complexity index is 369. The van der Waals surface area contributed by atoms with Gasteiger partial charge in [0.15, 0.2) is 0 Å². The summed E-state index contributed by atoms with van der Waals surface area (Å²) in [7, 11) is 0. The zero-order valence-corrected chi connectivity index (χ0v) is 15.8. The minimum absolute atomic E-state index is 0.00831. The molecule has 0 heterocycles. The molecule has 0 fully saturated rings. The predicted molar refractivity (Wildman–Crippen MR) is 94.2 cm³/mol. The molecule has 2 N–H and O–H groups in total. The molecule has 0 saturated heterocycles. The van der Waals surface area contributed by atoms with Crippen molar-refractivity contribution in [2.24, 2.45) is 11.8 Å². The van der Waals surface area contributed by atoms with Crippen LogP contribution in [0.5, 0.6) is 0 Å². The number of aliphatic hydroxyl groups is 2. The number of hydrogen-bond donors (Lipinski definition) is 2. The Balaban J connectivity index is 5.19. The Morgan fingerprint density at radius 3 is 1.57 bits per heavy atom. The van der Waals surface area contributed by atoms with Gasteiger partial charge in [0.25, 0.3) is 0 Å². The van der Waals surface area contributed by atoms with Gasteiger partial charge in [-0.25, -0.2) is 0 Å². The highest BCUT2D eigenvalue weighted by Gasteiger charge is 2.28. The van der Waals surface area contributed by atoms with E-state index >= 15 is 0 Å². The van der Waals surface area contributed by atoms with E-state index in [2.05, 4.69) is 39.5 Å². The van der Waals surface area contributed by atoms with Gasteiger partial charge in [-0.1, -0.05) is 39.5 Å². The Morgan fingerprint density at radius 2 is 1.22 bits per heavy atom. The van der Waals surface area contributed by atoms with Gasteiger partial charge in [-0.3, -0.25) is 0 Å². The molecular formula is C19H36O4. The molecule has 0 aromatic heterocycles. The van der Waals surface area contributed by atoms with E-state index < -0.39 is 11.2 Å². The third kappa shape index (κ3) is 10.7. The van der Waals surface area contributed by atoms with Crippen molar-refractivity contribution in [2.45, 2.75) is 72.0 Å². The van der Waals surface area contributed by atoms with E-state index in [9.17, 15) is 0 Å². The summed E-state index contributed by atoms with van der Waals surface area (Å²) in [6.07, 6.45) is 2.23. The van der Waals surface area contributed by atoms with Crippen LogP contribution < -0.4 is 0 Å². The van der Waals surface area contributed by atoms with Crippen LogP contribution in [-0.2, 0) is 9.47 Å². The van der Waals surface area contributed by atoms with Crippen LogP contribution in [0, 0.1) is 23.7 Å². The SMILES string of the molecule is CC(C)CC(C)(C#CC(C)(CC(C)C)OCCCO)OCCO. The lowest BCUT2D eigenvalue weighted by molar-refractivity contribution is -0.0221. The van der Waals surface area contributed by atoms with Gasteiger partial charge in [-0.05, 0) is 44.9 Å². The van der Waals surface area contributed by atoms with E-state index in [1.165, 1.54) is 0 Å². The van der Waals surface area contributed by atoms with Crippen molar-refractivity contribution in [2.75, 3.05) is 26.4 Å². The fourth-order valence-corrected chi connectivity index (χ4v) is 2.75. The first kappa shape index (κ1) is 22.4. The zero-order valence-electron chi connectivity index (χ0n) is 15.8. The first-order valence-electron chi connectivity index (χ1n) is 8.70. The van der Waals surface area contributed by atoms with E-state index in [-0.39, 0.29) is 19.8 Å². The van der Waals surface area contributed by atoms with Crippen molar-refractivity contribution in [1.29, 1.82) is 0 Å². The van der Waals surface area contributed by atoms with Crippen molar-refractivity contribution < 1.29 is 19.7 Å². The normalized spacial score (nSPS) is 16.8. The van der Waals surface area contributed by atoms with E-state index in [1.807, 2.05) is 13.8 Å². The molecular weight excluding hydrogens is 292 g/mol. The van der Waals surface area contributed by atoms with E-state index in [1.54, 1.807) is 0 Å². The van der Waals surface area contributed by atoms with Gasteiger partial charge in [0.1, 0.15) is 11.2 Å². The first-order chi connectivity index (χ1) is 10.7. The van der Waals surface area contributed by atoms with Gasteiger partial charge in [0.2, 0.25) is 0 Å². The molecule has 0 radical (unpaired) electrons. The molecule has 0 bridgehead atoms. The van der Waals surface area contributed by atoms with Crippen LogP contribution >= 0.6 is 0 Å². The molecule has 0 aliphatic carbocycles. The highest BCUT2D eigenvalue weighted by Crippen LogP contribution is 2.24. The highest BCUT2D eigenvalue weighted by atomic mass is 16.5. The molecule has 4 heteroatoms. The molecule has 0 aromatic rings. The Hall–Kier alpha value is -0.600. The summed E-state index contributed by atoms with van der Waals surface area (Å²) in [5, 5.41) is 18.0. The van der Waals surface area contributed by atoms with Gasteiger partial charge in [-0.2, -0.15) is 0 Å². The number of rotatable bonds is 11. The van der Waals surface area contributed by atoms with Crippen LogP contribution in [0.2, 0.25) is 0 Å². The summed E-state index contributed by atoms with van der Waals surface area (Å²) >= 11 is 0. The maximum Gasteiger partial charge on any atom is 0.126 e. The predicted octanol–water partition coefficient (Wildman–Crippen LogP) is 3.01. The maximum absolute atomic E-state index is 9.03. The van der Waals surface area contributed by atoms with Gasteiger partial charge < -0.3 is 19.7 Å².